The number of nitrogens with two attached hydrogens (primary N) is 1. The average molecular weight is 207 g/mol. The van der Waals surface area contributed by atoms with Crippen LogP contribution in [0.1, 0.15) is 11.1 Å². The van der Waals surface area contributed by atoms with E-state index < -0.39 is 18.4 Å². The van der Waals surface area contributed by atoms with Gasteiger partial charge in [-0.3, -0.25) is 0 Å². The van der Waals surface area contributed by atoms with Gasteiger partial charge in [0.05, 0.1) is 6.42 Å². The van der Waals surface area contributed by atoms with Gasteiger partial charge in [-0.15, -0.1) is 0 Å². The van der Waals surface area contributed by atoms with Crippen LogP contribution in [0.15, 0.2) is 18.2 Å². The Balaban J connectivity index is 2.90. The second kappa shape index (κ2) is 3.96. The van der Waals surface area contributed by atoms with Crippen molar-refractivity contribution in [3.8, 4) is 0 Å². The first-order valence-electron chi connectivity index (χ1n) is 3.96. The van der Waals surface area contributed by atoms with E-state index in [9.17, 15) is 17.6 Å². The lowest BCUT2D eigenvalue weighted by atomic mass is 10.1. The predicted octanol–water partition coefficient (Wildman–Crippen LogP) is 2.39. The molecule has 0 aliphatic heterocycles. The second-order valence-corrected chi connectivity index (χ2v) is 2.92. The summed E-state index contributed by atoms with van der Waals surface area (Å²) < 4.78 is 48.7. The molecule has 5 heteroatoms. The topological polar surface area (TPSA) is 26.0 Å². The second-order valence-electron chi connectivity index (χ2n) is 2.92. The Labute approximate surface area is 78.5 Å². The van der Waals surface area contributed by atoms with Crippen molar-refractivity contribution in [1.82, 2.24) is 0 Å². The van der Waals surface area contributed by atoms with Gasteiger partial charge in [0.25, 0.3) is 0 Å². The number of hydrogen-bond donors (Lipinski definition) is 1. The largest absolute Gasteiger partial charge is 0.393 e. The van der Waals surface area contributed by atoms with E-state index in [1.165, 1.54) is 0 Å². The zero-order valence-electron chi connectivity index (χ0n) is 7.24. The molecule has 0 aliphatic rings. The molecule has 78 valence electrons. The lowest BCUT2D eigenvalue weighted by molar-refractivity contribution is -0.127. The highest BCUT2D eigenvalue weighted by Gasteiger charge is 2.27. The van der Waals surface area contributed by atoms with Crippen molar-refractivity contribution in [2.75, 3.05) is 0 Å². The minimum Gasteiger partial charge on any atom is -0.326 e. The Morgan fingerprint density at radius 2 is 1.86 bits per heavy atom. The Kier molecular flexibility index (Phi) is 3.10. The molecule has 0 aliphatic carbocycles. The number of hydrogen-bond acceptors (Lipinski definition) is 1. The van der Waals surface area contributed by atoms with E-state index in [0.29, 0.717) is 0 Å². The first kappa shape index (κ1) is 11.0. The van der Waals surface area contributed by atoms with Crippen molar-refractivity contribution in [2.45, 2.75) is 19.1 Å². The molecule has 0 heterocycles. The Morgan fingerprint density at radius 3 is 2.36 bits per heavy atom. The molecule has 1 aromatic carbocycles. The molecule has 14 heavy (non-hydrogen) atoms. The van der Waals surface area contributed by atoms with Gasteiger partial charge < -0.3 is 5.73 Å². The molecule has 0 saturated carbocycles. The number of rotatable bonds is 2. The maximum Gasteiger partial charge on any atom is 0.393 e. The smallest absolute Gasteiger partial charge is 0.326 e. The van der Waals surface area contributed by atoms with Gasteiger partial charge in [0.1, 0.15) is 5.82 Å². The molecule has 1 nitrogen and oxygen atoms in total. The molecule has 0 aromatic heterocycles. The summed E-state index contributed by atoms with van der Waals surface area (Å²) in [5.74, 6) is -0.571. The summed E-state index contributed by atoms with van der Waals surface area (Å²) in [6.45, 7) is -0.0997. The number of alkyl halides is 3. The molecule has 2 N–H and O–H groups in total. The fraction of sp³-hybridized carbons (Fsp3) is 0.333. The van der Waals surface area contributed by atoms with Crippen LogP contribution in [0.4, 0.5) is 17.6 Å². The number of benzene rings is 1. The Bertz CT molecular complexity index is 319. The summed E-state index contributed by atoms with van der Waals surface area (Å²) >= 11 is 0. The van der Waals surface area contributed by atoms with Crippen molar-refractivity contribution in [1.29, 1.82) is 0 Å². The molecule has 0 radical (unpaired) electrons. The van der Waals surface area contributed by atoms with Crippen LogP contribution >= 0.6 is 0 Å². The first-order valence-corrected chi connectivity index (χ1v) is 3.96. The lowest BCUT2D eigenvalue weighted by Gasteiger charge is -2.07. The van der Waals surface area contributed by atoms with Crippen molar-refractivity contribution in [3.05, 3.63) is 35.1 Å². The monoisotopic (exact) mass is 207 g/mol. The van der Waals surface area contributed by atoms with Crippen LogP contribution in [0.5, 0.6) is 0 Å². The molecule has 0 unspecified atom stereocenters. The summed E-state index contributed by atoms with van der Waals surface area (Å²) in [6, 6.07) is 3.26. The van der Waals surface area contributed by atoms with Crippen LogP contribution in [-0.4, -0.2) is 6.18 Å². The standard InChI is InChI=1S/C9H9F4N/c10-8-2-1-6(3-7(8)5-14)4-9(11,12)13/h1-3H,4-5,14H2. The van der Waals surface area contributed by atoms with E-state index in [2.05, 4.69) is 0 Å². The zero-order chi connectivity index (χ0) is 10.8. The molecule has 0 spiro atoms. The van der Waals surface area contributed by atoms with Crippen molar-refractivity contribution in [2.24, 2.45) is 5.73 Å². The fourth-order valence-electron chi connectivity index (χ4n) is 1.13. The van der Waals surface area contributed by atoms with E-state index in [4.69, 9.17) is 5.73 Å². The molecule has 1 rings (SSSR count). The fourth-order valence-corrected chi connectivity index (χ4v) is 1.13. The van der Waals surface area contributed by atoms with E-state index in [1.54, 1.807) is 0 Å². The molecular weight excluding hydrogens is 198 g/mol. The minimum atomic E-state index is -4.27. The maximum absolute atomic E-state index is 12.8. The Hall–Kier alpha value is -1.10. The van der Waals surface area contributed by atoms with Gasteiger partial charge in [-0.25, -0.2) is 4.39 Å². The van der Waals surface area contributed by atoms with E-state index >= 15 is 0 Å². The third-order valence-electron chi connectivity index (χ3n) is 1.73. The van der Waals surface area contributed by atoms with Crippen LogP contribution in [0.25, 0.3) is 0 Å². The average Bonchev–Trinajstić information content (AvgIpc) is 2.06. The summed E-state index contributed by atoms with van der Waals surface area (Å²) in [6.07, 6.45) is -5.33. The van der Waals surface area contributed by atoms with E-state index in [-0.39, 0.29) is 17.7 Å². The van der Waals surface area contributed by atoms with Crippen molar-refractivity contribution >= 4 is 0 Å². The highest BCUT2D eigenvalue weighted by atomic mass is 19.4. The number of halogens is 4. The summed E-state index contributed by atoms with van der Waals surface area (Å²) in [4.78, 5) is 0. The quantitative estimate of drug-likeness (QED) is 0.740. The lowest BCUT2D eigenvalue weighted by Crippen LogP contribution is -2.12. The van der Waals surface area contributed by atoms with Gasteiger partial charge in [0.2, 0.25) is 0 Å². The maximum atomic E-state index is 12.8. The van der Waals surface area contributed by atoms with Crippen molar-refractivity contribution in [3.63, 3.8) is 0 Å². The predicted molar refractivity (Wildman–Crippen MR) is 44.1 cm³/mol. The molecule has 0 bridgehead atoms. The highest BCUT2D eigenvalue weighted by molar-refractivity contribution is 5.25. The van der Waals surface area contributed by atoms with Gasteiger partial charge in [-0.2, -0.15) is 13.2 Å². The van der Waals surface area contributed by atoms with E-state index in [1.807, 2.05) is 0 Å². The van der Waals surface area contributed by atoms with Crippen LogP contribution < -0.4 is 5.73 Å². The molecule has 0 amide bonds. The molecule has 0 saturated heterocycles. The van der Waals surface area contributed by atoms with Gasteiger partial charge in [-0.1, -0.05) is 12.1 Å². The summed E-state index contributed by atoms with van der Waals surface area (Å²) in [5.41, 5.74) is 5.29. The Morgan fingerprint density at radius 1 is 1.21 bits per heavy atom. The SMILES string of the molecule is NCc1cc(CC(F)(F)F)ccc1F. The minimum absolute atomic E-state index is 0.0272. The van der Waals surface area contributed by atoms with Crippen molar-refractivity contribution < 1.29 is 17.6 Å². The first-order chi connectivity index (χ1) is 6.42. The van der Waals surface area contributed by atoms with Crippen LogP contribution in [0.2, 0.25) is 0 Å². The molecular formula is C9H9F4N. The molecule has 0 atom stereocenters. The highest BCUT2D eigenvalue weighted by Crippen LogP contribution is 2.22. The van der Waals surface area contributed by atoms with Gasteiger partial charge >= 0.3 is 6.18 Å². The van der Waals surface area contributed by atoms with Gasteiger partial charge in [0.15, 0.2) is 0 Å². The molecule has 0 fully saturated rings. The normalized spacial score (nSPS) is 11.8. The third-order valence-corrected chi connectivity index (χ3v) is 1.73. The zero-order valence-corrected chi connectivity index (χ0v) is 7.24. The van der Waals surface area contributed by atoms with E-state index in [0.717, 1.165) is 18.2 Å². The third kappa shape index (κ3) is 2.99. The molecule has 1 aromatic rings. The van der Waals surface area contributed by atoms with Gasteiger partial charge in [0, 0.05) is 12.1 Å². The van der Waals surface area contributed by atoms with Crippen LogP contribution in [0, 0.1) is 5.82 Å². The summed E-state index contributed by atoms with van der Waals surface area (Å²) in [7, 11) is 0. The van der Waals surface area contributed by atoms with Crippen LogP contribution in [-0.2, 0) is 13.0 Å². The van der Waals surface area contributed by atoms with Crippen LogP contribution in [0.3, 0.4) is 0 Å². The van der Waals surface area contributed by atoms with Gasteiger partial charge in [-0.05, 0) is 11.6 Å². The summed E-state index contributed by atoms with van der Waals surface area (Å²) in [5, 5.41) is 0.